The number of hydrogen-bond donors (Lipinski definition) is 2. The number of carbonyl (C=O) groups excluding carboxylic acids is 2. The fraction of sp³-hybridized carbons (Fsp3) is 0.167. The minimum absolute atomic E-state index is 0.204. The highest BCUT2D eigenvalue weighted by Crippen LogP contribution is 2.05. The summed E-state index contributed by atoms with van der Waals surface area (Å²) in [4.78, 5) is 28.0. The molecule has 0 radical (unpaired) electrons. The molecule has 1 heterocycles. The Bertz CT molecular complexity index is 726. The Labute approximate surface area is 135 Å². The van der Waals surface area contributed by atoms with Crippen molar-refractivity contribution in [1.82, 2.24) is 15.6 Å². The Morgan fingerprint density at radius 3 is 2.74 bits per heavy atom. The number of nitrogens with one attached hydrogen (secondary N) is 2. The zero-order valence-corrected chi connectivity index (χ0v) is 13.0. The summed E-state index contributed by atoms with van der Waals surface area (Å²) >= 11 is 0. The minimum Gasteiger partial charge on any atom is -0.348 e. The van der Waals surface area contributed by atoms with Crippen molar-refractivity contribution in [2.45, 2.75) is 13.5 Å². The predicted molar refractivity (Wildman–Crippen MR) is 89.1 cm³/mol. The fourth-order valence-electron chi connectivity index (χ4n) is 2.06. The average Bonchev–Trinajstić information content (AvgIpc) is 2.57. The van der Waals surface area contributed by atoms with Crippen LogP contribution in [0.3, 0.4) is 0 Å². The van der Waals surface area contributed by atoms with Crippen LogP contribution in [0.5, 0.6) is 0 Å². The second-order valence-corrected chi connectivity index (χ2v) is 5.10. The molecule has 0 aliphatic carbocycles. The number of carbonyl (C=O) groups is 2. The highest BCUT2D eigenvalue weighted by atomic mass is 16.2. The van der Waals surface area contributed by atoms with Crippen molar-refractivity contribution < 1.29 is 9.59 Å². The van der Waals surface area contributed by atoms with Gasteiger partial charge in [0.1, 0.15) is 5.69 Å². The van der Waals surface area contributed by atoms with Gasteiger partial charge in [-0.1, -0.05) is 35.9 Å². The van der Waals surface area contributed by atoms with Crippen LogP contribution in [-0.2, 0) is 6.54 Å². The van der Waals surface area contributed by atoms with E-state index in [0.29, 0.717) is 18.7 Å². The lowest BCUT2D eigenvalue weighted by molar-refractivity contribution is 0.0950. The van der Waals surface area contributed by atoms with Crippen molar-refractivity contribution in [3.63, 3.8) is 0 Å². The monoisotopic (exact) mass is 309 g/mol. The number of nitrogens with zero attached hydrogens (tertiary/aromatic N) is 1. The first-order valence-corrected chi connectivity index (χ1v) is 7.29. The third-order valence-electron chi connectivity index (χ3n) is 3.20. The van der Waals surface area contributed by atoms with Crippen LogP contribution in [0.15, 0.2) is 55.3 Å². The molecule has 118 valence electrons. The van der Waals surface area contributed by atoms with Crippen molar-refractivity contribution in [3.05, 3.63) is 77.6 Å². The zero-order valence-electron chi connectivity index (χ0n) is 13.0. The average molecular weight is 309 g/mol. The zero-order chi connectivity index (χ0) is 16.7. The van der Waals surface area contributed by atoms with Gasteiger partial charge in [0.2, 0.25) is 0 Å². The Morgan fingerprint density at radius 2 is 2.00 bits per heavy atom. The van der Waals surface area contributed by atoms with Gasteiger partial charge in [0.15, 0.2) is 0 Å². The molecule has 0 aliphatic heterocycles. The SMILES string of the molecule is C=CCNC(=O)c1cc(C(=O)NCc2cccc(C)c2)ccn1. The molecule has 2 rings (SSSR count). The molecule has 1 aromatic carbocycles. The molecular weight excluding hydrogens is 290 g/mol. The number of pyridine rings is 1. The minimum atomic E-state index is -0.335. The summed E-state index contributed by atoms with van der Waals surface area (Å²) in [5.41, 5.74) is 2.77. The van der Waals surface area contributed by atoms with Crippen LogP contribution in [0.4, 0.5) is 0 Å². The number of amides is 2. The fourth-order valence-corrected chi connectivity index (χ4v) is 2.06. The summed E-state index contributed by atoms with van der Waals surface area (Å²) in [6.45, 7) is 6.32. The van der Waals surface area contributed by atoms with E-state index in [4.69, 9.17) is 0 Å². The van der Waals surface area contributed by atoms with E-state index < -0.39 is 0 Å². The molecule has 23 heavy (non-hydrogen) atoms. The third kappa shape index (κ3) is 4.78. The van der Waals surface area contributed by atoms with Gasteiger partial charge in [0, 0.05) is 24.8 Å². The Kier molecular flexibility index (Phi) is 5.63. The highest BCUT2D eigenvalue weighted by molar-refractivity contribution is 5.98. The topological polar surface area (TPSA) is 71.1 Å². The van der Waals surface area contributed by atoms with E-state index in [1.165, 1.54) is 12.3 Å². The van der Waals surface area contributed by atoms with Gasteiger partial charge in [-0.3, -0.25) is 14.6 Å². The maximum atomic E-state index is 12.2. The van der Waals surface area contributed by atoms with Gasteiger partial charge in [0.25, 0.3) is 11.8 Å². The summed E-state index contributed by atoms with van der Waals surface area (Å²) in [7, 11) is 0. The molecule has 0 unspecified atom stereocenters. The van der Waals surface area contributed by atoms with Crippen LogP contribution in [0.25, 0.3) is 0 Å². The van der Waals surface area contributed by atoms with Crippen molar-refractivity contribution in [2.24, 2.45) is 0 Å². The summed E-state index contributed by atoms with van der Waals surface area (Å²) in [6.07, 6.45) is 3.03. The van der Waals surface area contributed by atoms with Crippen molar-refractivity contribution in [3.8, 4) is 0 Å². The largest absolute Gasteiger partial charge is 0.348 e. The molecular formula is C18H19N3O2. The first-order chi connectivity index (χ1) is 11.1. The first-order valence-electron chi connectivity index (χ1n) is 7.29. The molecule has 0 aliphatic rings. The van der Waals surface area contributed by atoms with Crippen LogP contribution in [-0.4, -0.2) is 23.3 Å². The van der Waals surface area contributed by atoms with E-state index in [0.717, 1.165) is 11.1 Å². The Balaban J connectivity index is 2.02. The van der Waals surface area contributed by atoms with Crippen molar-refractivity contribution in [2.75, 3.05) is 6.54 Å². The summed E-state index contributed by atoms with van der Waals surface area (Å²) < 4.78 is 0. The summed E-state index contributed by atoms with van der Waals surface area (Å²) in [5.74, 6) is -0.579. The number of aromatic nitrogens is 1. The quantitative estimate of drug-likeness (QED) is 0.804. The lowest BCUT2D eigenvalue weighted by Crippen LogP contribution is -2.26. The normalized spacial score (nSPS) is 9.96. The van der Waals surface area contributed by atoms with Crippen LogP contribution < -0.4 is 10.6 Å². The van der Waals surface area contributed by atoms with Crippen LogP contribution in [0, 0.1) is 6.92 Å². The lowest BCUT2D eigenvalue weighted by atomic mass is 10.1. The third-order valence-corrected chi connectivity index (χ3v) is 3.20. The smallest absolute Gasteiger partial charge is 0.270 e. The first kappa shape index (κ1) is 16.4. The van der Waals surface area contributed by atoms with Gasteiger partial charge in [-0.05, 0) is 24.6 Å². The van der Waals surface area contributed by atoms with E-state index in [2.05, 4.69) is 22.2 Å². The Hall–Kier alpha value is -2.95. The molecule has 2 amide bonds. The van der Waals surface area contributed by atoms with Crippen LogP contribution in [0.2, 0.25) is 0 Å². The number of hydrogen-bond acceptors (Lipinski definition) is 3. The number of rotatable bonds is 6. The molecule has 5 nitrogen and oxygen atoms in total. The van der Waals surface area contributed by atoms with Gasteiger partial charge in [-0.15, -0.1) is 6.58 Å². The molecule has 2 aromatic rings. The maximum absolute atomic E-state index is 12.2. The molecule has 0 bridgehead atoms. The Morgan fingerprint density at radius 1 is 1.17 bits per heavy atom. The van der Waals surface area contributed by atoms with Gasteiger partial charge in [-0.2, -0.15) is 0 Å². The lowest BCUT2D eigenvalue weighted by Gasteiger charge is -2.07. The molecule has 2 N–H and O–H groups in total. The van der Waals surface area contributed by atoms with Crippen molar-refractivity contribution in [1.29, 1.82) is 0 Å². The number of aryl methyl sites for hydroxylation is 1. The molecule has 0 fully saturated rings. The second-order valence-electron chi connectivity index (χ2n) is 5.10. The molecule has 5 heteroatoms. The summed E-state index contributed by atoms with van der Waals surface area (Å²) in [6, 6.07) is 11.0. The second kappa shape index (κ2) is 7.89. The van der Waals surface area contributed by atoms with Gasteiger partial charge >= 0.3 is 0 Å². The van der Waals surface area contributed by atoms with E-state index in [1.807, 2.05) is 31.2 Å². The van der Waals surface area contributed by atoms with Crippen LogP contribution >= 0.6 is 0 Å². The molecule has 0 saturated carbocycles. The van der Waals surface area contributed by atoms with Gasteiger partial charge in [0.05, 0.1) is 0 Å². The standard InChI is InChI=1S/C18H19N3O2/c1-3-8-20-18(23)16-11-15(7-9-19-16)17(22)21-12-14-6-4-5-13(2)10-14/h3-7,9-11H,1,8,12H2,2H3,(H,20,23)(H,21,22). The van der Waals surface area contributed by atoms with Gasteiger partial charge < -0.3 is 10.6 Å². The predicted octanol–water partition coefficient (Wildman–Crippen LogP) is 2.24. The summed E-state index contributed by atoms with van der Waals surface area (Å²) in [5, 5.41) is 5.46. The molecule has 0 atom stereocenters. The maximum Gasteiger partial charge on any atom is 0.270 e. The van der Waals surface area contributed by atoms with Crippen molar-refractivity contribution >= 4 is 11.8 Å². The van der Waals surface area contributed by atoms with E-state index in [9.17, 15) is 9.59 Å². The van der Waals surface area contributed by atoms with Crippen LogP contribution in [0.1, 0.15) is 32.0 Å². The number of benzene rings is 1. The van der Waals surface area contributed by atoms with Gasteiger partial charge in [-0.25, -0.2) is 0 Å². The van der Waals surface area contributed by atoms with E-state index in [1.54, 1.807) is 12.1 Å². The van der Waals surface area contributed by atoms with E-state index >= 15 is 0 Å². The molecule has 0 spiro atoms. The highest BCUT2D eigenvalue weighted by Gasteiger charge is 2.11. The molecule has 0 saturated heterocycles. The van der Waals surface area contributed by atoms with E-state index in [-0.39, 0.29) is 17.5 Å². The molecule has 1 aromatic heterocycles.